The Morgan fingerprint density at radius 3 is 2.88 bits per heavy atom. The minimum Gasteiger partial charge on any atom is -0.464 e. The van der Waals surface area contributed by atoms with Crippen molar-refractivity contribution in [1.82, 2.24) is 5.32 Å². The molecule has 0 saturated heterocycles. The number of aryl methyl sites for hydroxylation is 1. The van der Waals surface area contributed by atoms with Gasteiger partial charge >= 0.3 is 0 Å². The number of carbonyl (C=O) groups excluding carboxylic acids is 1. The van der Waals surface area contributed by atoms with Crippen LogP contribution in [-0.2, 0) is 23.5 Å². The highest BCUT2D eigenvalue weighted by atomic mass is 32.2. The van der Waals surface area contributed by atoms with Crippen LogP contribution >= 0.6 is 11.8 Å². The van der Waals surface area contributed by atoms with Crippen molar-refractivity contribution in [2.45, 2.75) is 30.9 Å². The van der Waals surface area contributed by atoms with Crippen LogP contribution < -0.4 is 10.2 Å². The quantitative estimate of drug-likeness (QED) is 0.810. The number of alkyl halides is 2. The number of halogens is 2. The zero-order chi connectivity index (χ0) is 17.6. The minimum absolute atomic E-state index is 0.0205. The van der Waals surface area contributed by atoms with Crippen molar-refractivity contribution in [3.05, 3.63) is 53.5 Å². The van der Waals surface area contributed by atoms with Gasteiger partial charge < -0.3 is 14.6 Å². The molecule has 3 rings (SSSR count). The van der Waals surface area contributed by atoms with E-state index in [1.165, 1.54) is 5.56 Å². The smallest absolute Gasteiger partial charge is 0.284 e. The third-order valence-electron chi connectivity index (χ3n) is 4.06. The average Bonchev–Trinajstić information content (AvgIpc) is 3.07. The highest BCUT2D eigenvalue weighted by molar-refractivity contribution is 7.98. The lowest BCUT2D eigenvalue weighted by atomic mass is 10.0. The lowest BCUT2D eigenvalue weighted by molar-refractivity contribution is -0.117. The van der Waals surface area contributed by atoms with E-state index in [-0.39, 0.29) is 18.2 Å². The van der Waals surface area contributed by atoms with E-state index in [1.807, 2.05) is 23.1 Å². The van der Waals surface area contributed by atoms with Crippen molar-refractivity contribution in [3.8, 4) is 0 Å². The molecule has 0 bridgehead atoms. The van der Waals surface area contributed by atoms with Gasteiger partial charge in [-0.1, -0.05) is 30.0 Å². The van der Waals surface area contributed by atoms with Crippen LogP contribution in [0.3, 0.4) is 0 Å². The molecule has 1 aliphatic rings. The van der Waals surface area contributed by atoms with Crippen molar-refractivity contribution in [1.29, 1.82) is 0 Å². The van der Waals surface area contributed by atoms with Gasteiger partial charge in [0, 0.05) is 12.2 Å². The number of hydrogen-bond donors (Lipinski definition) is 1. The molecule has 0 unspecified atom stereocenters. The maximum absolute atomic E-state index is 12.5. The lowest BCUT2D eigenvalue weighted by Crippen LogP contribution is -2.41. The van der Waals surface area contributed by atoms with Gasteiger partial charge in [-0.25, -0.2) is 0 Å². The monoisotopic (exact) mass is 366 g/mol. The number of furan rings is 1. The SMILES string of the molecule is O=C(CNCc1ccc(CSC(F)F)o1)N1CCCc2ccccc21. The third kappa shape index (κ3) is 4.83. The number of benzene rings is 1. The topological polar surface area (TPSA) is 45.5 Å². The molecule has 25 heavy (non-hydrogen) atoms. The van der Waals surface area contributed by atoms with Crippen molar-refractivity contribution in [2.75, 3.05) is 18.0 Å². The molecule has 2 heterocycles. The molecule has 0 atom stereocenters. The molecule has 0 aliphatic carbocycles. The highest BCUT2D eigenvalue weighted by Crippen LogP contribution is 2.26. The fraction of sp³-hybridized carbons (Fsp3) is 0.389. The first-order chi connectivity index (χ1) is 12.1. The number of hydrogen-bond acceptors (Lipinski definition) is 4. The van der Waals surface area contributed by atoms with Gasteiger partial charge in [0.25, 0.3) is 5.76 Å². The first-order valence-electron chi connectivity index (χ1n) is 8.20. The van der Waals surface area contributed by atoms with Crippen molar-refractivity contribution >= 4 is 23.4 Å². The molecular formula is C18H20F2N2O2S. The lowest BCUT2D eigenvalue weighted by Gasteiger charge is -2.29. The zero-order valence-corrected chi connectivity index (χ0v) is 14.5. The molecule has 4 nitrogen and oxygen atoms in total. The first kappa shape index (κ1) is 17.9. The molecule has 1 aliphatic heterocycles. The second-order valence-corrected chi connectivity index (χ2v) is 6.80. The van der Waals surface area contributed by atoms with Gasteiger partial charge in [-0.2, -0.15) is 8.78 Å². The van der Waals surface area contributed by atoms with Crippen LogP contribution in [0.4, 0.5) is 14.5 Å². The maximum Gasteiger partial charge on any atom is 0.284 e. The van der Waals surface area contributed by atoms with E-state index in [4.69, 9.17) is 4.42 Å². The Morgan fingerprint density at radius 2 is 2.04 bits per heavy atom. The Morgan fingerprint density at radius 1 is 1.24 bits per heavy atom. The summed E-state index contributed by atoms with van der Waals surface area (Å²) in [6.07, 6.45) is 1.96. The molecule has 1 aromatic heterocycles. The molecule has 0 fully saturated rings. The number of fused-ring (bicyclic) bond motifs is 1. The Kier molecular flexibility index (Phi) is 6.09. The molecule has 2 aromatic rings. The molecule has 0 radical (unpaired) electrons. The summed E-state index contributed by atoms with van der Waals surface area (Å²) in [5.74, 6) is -1.10. The number of nitrogens with zero attached hydrogens (tertiary/aromatic N) is 1. The van der Waals surface area contributed by atoms with E-state index in [0.29, 0.717) is 29.8 Å². The maximum atomic E-state index is 12.5. The number of carbonyl (C=O) groups is 1. The largest absolute Gasteiger partial charge is 0.464 e. The van der Waals surface area contributed by atoms with Gasteiger partial charge in [0.1, 0.15) is 11.5 Å². The van der Waals surface area contributed by atoms with Crippen LogP contribution in [0.2, 0.25) is 0 Å². The van der Waals surface area contributed by atoms with Crippen LogP contribution in [0.5, 0.6) is 0 Å². The standard InChI is InChI=1S/C18H20F2N2O2S/c19-18(20)25-12-15-8-7-14(24-15)10-21-11-17(23)22-9-3-5-13-4-1-2-6-16(13)22/h1-2,4,6-8,18,21H,3,5,9-12H2. The van der Waals surface area contributed by atoms with Crippen LogP contribution in [0.15, 0.2) is 40.8 Å². The van der Waals surface area contributed by atoms with Gasteiger partial charge in [0.15, 0.2) is 0 Å². The van der Waals surface area contributed by atoms with Crippen molar-refractivity contribution in [2.24, 2.45) is 0 Å². The predicted molar refractivity (Wildman–Crippen MR) is 94.8 cm³/mol. The summed E-state index contributed by atoms with van der Waals surface area (Å²) in [5, 5.41) is 3.07. The van der Waals surface area contributed by atoms with Gasteiger partial charge in [0.2, 0.25) is 5.91 Å². The summed E-state index contributed by atoms with van der Waals surface area (Å²) < 4.78 is 29.8. The molecule has 0 saturated carbocycles. The number of anilines is 1. The second kappa shape index (κ2) is 8.49. The fourth-order valence-corrected chi connectivity index (χ4v) is 3.37. The summed E-state index contributed by atoms with van der Waals surface area (Å²) in [7, 11) is 0. The van der Waals surface area contributed by atoms with E-state index in [9.17, 15) is 13.6 Å². The molecule has 134 valence electrons. The van der Waals surface area contributed by atoms with Gasteiger partial charge in [-0.15, -0.1) is 0 Å². The number of rotatable bonds is 7. The molecule has 1 aromatic carbocycles. The minimum atomic E-state index is -2.41. The Hall–Kier alpha value is -1.86. The Balaban J connectivity index is 1.49. The summed E-state index contributed by atoms with van der Waals surface area (Å²) in [4.78, 5) is 14.3. The molecule has 1 amide bonds. The number of amides is 1. The van der Waals surface area contributed by atoms with Gasteiger partial charge in [-0.05, 0) is 36.6 Å². The molecule has 1 N–H and O–H groups in total. The zero-order valence-electron chi connectivity index (χ0n) is 13.7. The predicted octanol–water partition coefficient (Wildman–Crippen LogP) is 3.80. The second-order valence-electron chi connectivity index (χ2n) is 5.82. The van der Waals surface area contributed by atoms with E-state index >= 15 is 0 Å². The summed E-state index contributed by atoms with van der Waals surface area (Å²) >= 11 is 0.530. The van der Waals surface area contributed by atoms with Gasteiger partial charge in [-0.3, -0.25) is 4.79 Å². The number of para-hydroxylation sites is 1. The Labute approximate surface area is 149 Å². The van der Waals surface area contributed by atoms with E-state index in [1.54, 1.807) is 12.1 Å². The fourth-order valence-electron chi connectivity index (χ4n) is 2.92. The van der Waals surface area contributed by atoms with Crippen LogP contribution in [0.1, 0.15) is 23.5 Å². The van der Waals surface area contributed by atoms with E-state index in [0.717, 1.165) is 25.1 Å². The summed E-state index contributed by atoms with van der Waals surface area (Å²) in [5.41, 5.74) is 2.19. The summed E-state index contributed by atoms with van der Waals surface area (Å²) in [6, 6.07) is 11.4. The third-order valence-corrected chi connectivity index (χ3v) is 4.76. The number of nitrogens with one attached hydrogen (secondary N) is 1. The normalized spacial score (nSPS) is 14.0. The van der Waals surface area contributed by atoms with Gasteiger partial charge in [0.05, 0.1) is 18.8 Å². The summed E-state index contributed by atoms with van der Waals surface area (Å²) in [6.45, 7) is 1.32. The first-order valence-corrected chi connectivity index (χ1v) is 9.24. The van der Waals surface area contributed by atoms with E-state index in [2.05, 4.69) is 11.4 Å². The average molecular weight is 366 g/mol. The molecular weight excluding hydrogens is 346 g/mol. The molecule has 0 spiro atoms. The van der Waals surface area contributed by atoms with Crippen molar-refractivity contribution < 1.29 is 18.0 Å². The Bertz CT molecular complexity index is 721. The molecule has 7 heteroatoms. The van der Waals surface area contributed by atoms with Crippen LogP contribution in [0, 0.1) is 0 Å². The van der Waals surface area contributed by atoms with Crippen LogP contribution in [-0.4, -0.2) is 24.8 Å². The van der Waals surface area contributed by atoms with Crippen molar-refractivity contribution in [3.63, 3.8) is 0 Å². The number of thioether (sulfide) groups is 1. The van der Waals surface area contributed by atoms with E-state index < -0.39 is 5.76 Å². The van der Waals surface area contributed by atoms with Crippen LogP contribution in [0.25, 0.3) is 0 Å². The highest BCUT2D eigenvalue weighted by Gasteiger charge is 2.21.